The van der Waals surface area contributed by atoms with Gasteiger partial charge in [-0.1, -0.05) is 17.3 Å². The number of aromatic nitrogens is 1. The van der Waals surface area contributed by atoms with E-state index in [1.807, 2.05) is 25.1 Å². The smallest absolute Gasteiger partial charge is 0.279 e. The first-order chi connectivity index (χ1) is 13.6. The van der Waals surface area contributed by atoms with Crippen molar-refractivity contribution in [2.24, 2.45) is 0 Å². The predicted molar refractivity (Wildman–Crippen MR) is 102 cm³/mol. The summed E-state index contributed by atoms with van der Waals surface area (Å²) in [5.41, 5.74) is 5.81. The van der Waals surface area contributed by atoms with Gasteiger partial charge in [-0.2, -0.15) is 0 Å². The molecule has 0 fully saturated rings. The van der Waals surface area contributed by atoms with Crippen LogP contribution in [-0.2, 0) is 16.0 Å². The van der Waals surface area contributed by atoms with Crippen molar-refractivity contribution < 1.29 is 23.6 Å². The van der Waals surface area contributed by atoms with Crippen LogP contribution in [0, 0.1) is 0 Å². The zero-order chi connectivity index (χ0) is 19.9. The molecule has 146 valence electrons. The fraction of sp³-hybridized carbons (Fsp3) is 0.250. The Balaban J connectivity index is 1.48. The van der Waals surface area contributed by atoms with Gasteiger partial charge < -0.3 is 14.0 Å². The molecule has 28 heavy (non-hydrogen) atoms. The van der Waals surface area contributed by atoms with Crippen molar-refractivity contribution in [1.82, 2.24) is 16.0 Å². The molecule has 2 N–H and O–H groups in total. The summed E-state index contributed by atoms with van der Waals surface area (Å²) in [4.78, 5) is 24.2. The summed E-state index contributed by atoms with van der Waals surface area (Å²) in [5, 5.41) is 4.65. The third kappa shape index (κ3) is 4.79. The van der Waals surface area contributed by atoms with Gasteiger partial charge in [0.05, 0.1) is 13.0 Å². The first-order valence-electron chi connectivity index (χ1n) is 8.88. The van der Waals surface area contributed by atoms with Crippen molar-refractivity contribution in [2.45, 2.75) is 26.4 Å². The highest BCUT2D eigenvalue weighted by molar-refractivity contribution is 5.88. The third-order valence-electron chi connectivity index (χ3n) is 3.92. The number of carbonyl (C=O) groups is 2. The number of fused-ring (bicyclic) bond motifs is 1. The summed E-state index contributed by atoms with van der Waals surface area (Å²) in [7, 11) is 0. The summed E-state index contributed by atoms with van der Waals surface area (Å²) >= 11 is 0. The van der Waals surface area contributed by atoms with E-state index in [9.17, 15) is 9.59 Å². The van der Waals surface area contributed by atoms with Gasteiger partial charge in [-0.05, 0) is 50.2 Å². The largest absolute Gasteiger partial charge is 0.494 e. The molecule has 0 aliphatic rings. The Labute approximate surface area is 161 Å². The Kier molecular flexibility index (Phi) is 6.11. The number of benzene rings is 2. The lowest BCUT2D eigenvalue weighted by Gasteiger charge is -2.15. The lowest BCUT2D eigenvalue weighted by Crippen LogP contribution is -2.47. The van der Waals surface area contributed by atoms with Crippen molar-refractivity contribution in [3.05, 3.63) is 54.2 Å². The van der Waals surface area contributed by atoms with E-state index in [0.717, 1.165) is 11.1 Å². The van der Waals surface area contributed by atoms with Gasteiger partial charge in [-0.25, -0.2) is 0 Å². The molecule has 2 aromatic carbocycles. The Bertz CT molecular complexity index is 952. The quantitative estimate of drug-likeness (QED) is 0.607. The maximum atomic E-state index is 12.1. The molecule has 8 nitrogen and oxygen atoms in total. The summed E-state index contributed by atoms with van der Waals surface area (Å²) < 4.78 is 16.1. The molecule has 0 spiro atoms. The summed E-state index contributed by atoms with van der Waals surface area (Å²) in [6.07, 6.45) is -0.822. The average molecular weight is 383 g/mol. The van der Waals surface area contributed by atoms with Crippen molar-refractivity contribution in [1.29, 1.82) is 0 Å². The van der Waals surface area contributed by atoms with E-state index >= 15 is 0 Å². The number of hydrazine groups is 1. The minimum absolute atomic E-state index is 0.0224. The van der Waals surface area contributed by atoms with E-state index in [1.165, 1.54) is 0 Å². The maximum Gasteiger partial charge on any atom is 0.279 e. The van der Waals surface area contributed by atoms with E-state index in [2.05, 4.69) is 16.0 Å². The molecule has 0 aliphatic heterocycles. The van der Waals surface area contributed by atoms with Crippen molar-refractivity contribution in [2.75, 3.05) is 6.61 Å². The first-order valence-corrected chi connectivity index (χ1v) is 8.88. The highest BCUT2D eigenvalue weighted by Gasteiger charge is 2.17. The Hall–Kier alpha value is -3.55. The van der Waals surface area contributed by atoms with Gasteiger partial charge in [0.25, 0.3) is 5.91 Å². The Morgan fingerprint density at radius 3 is 2.54 bits per heavy atom. The van der Waals surface area contributed by atoms with Crippen LogP contribution < -0.4 is 20.3 Å². The van der Waals surface area contributed by atoms with Crippen LogP contribution in [0.25, 0.3) is 11.0 Å². The van der Waals surface area contributed by atoms with Gasteiger partial charge in [0.1, 0.15) is 17.2 Å². The Morgan fingerprint density at radius 2 is 1.79 bits per heavy atom. The second kappa shape index (κ2) is 8.90. The van der Waals surface area contributed by atoms with Gasteiger partial charge in [0, 0.05) is 5.39 Å². The van der Waals surface area contributed by atoms with E-state index < -0.39 is 17.9 Å². The fourth-order valence-electron chi connectivity index (χ4n) is 2.53. The standard InChI is InChI=1S/C20H21N3O5/c1-3-26-14-8-10-15(11-9-14)27-13(2)20(25)22-21-19(24)12-17-16-6-4-5-7-18(16)28-23-17/h4-11,13H,3,12H2,1-2H3,(H,21,24)(H,22,25)/t13-/m0/s1. The minimum Gasteiger partial charge on any atom is -0.494 e. The zero-order valence-electron chi connectivity index (χ0n) is 15.6. The molecule has 8 heteroatoms. The topological polar surface area (TPSA) is 103 Å². The number of amides is 2. The van der Waals surface area contributed by atoms with Crippen LogP contribution in [0.3, 0.4) is 0 Å². The van der Waals surface area contributed by atoms with Crippen LogP contribution in [0.4, 0.5) is 0 Å². The van der Waals surface area contributed by atoms with Crippen molar-refractivity contribution >= 4 is 22.8 Å². The summed E-state index contributed by atoms with van der Waals surface area (Å²) in [6.45, 7) is 4.06. The zero-order valence-corrected chi connectivity index (χ0v) is 15.6. The molecule has 0 bridgehead atoms. The van der Waals surface area contributed by atoms with Crippen LogP contribution in [0.2, 0.25) is 0 Å². The van der Waals surface area contributed by atoms with Gasteiger partial charge >= 0.3 is 0 Å². The lowest BCUT2D eigenvalue weighted by atomic mass is 10.2. The lowest BCUT2D eigenvalue weighted by molar-refractivity contribution is -0.132. The maximum absolute atomic E-state index is 12.1. The van der Waals surface area contributed by atoms with Gasteiger partial charge in [0.2, 0.25) is 5.91 Å². The van der Waals surface area contributed by atoms with E-state index in [0.29, 0.717) is 23.6 Å². The number of carbonyl (C=O) groups excluding carboxylic acids is 2. The van der Waals surface area contributed by atoms with Gasteiger partial charge in [-0.15, -0.1) is 0 Å². The third-order valence-corrected chi connectivity index (χ3v) is 3.92. The van der Waals surface area contributed by atoms with E-state index in [-0.39, 0.29) is 6.42 Å². The molecule has 3 aromatic rings. The van der Waals surface area contributed by atoms with Crippen LogP contribution in [-0.4, -0.2) is 29.7 Å². The number of ether oxygens (including phenoxy) is 2. The minimum atomic E-state index is -0.800. The number of nitrogens with one attached hydrogen (secondary N) is 2. The van der Waals surface area contributed by atoms with Crippen LogP contribution in [0.15, 0.2) is 53.1 Å². The van der Waals surface area contributed by atoms with Crippen LogP contribution in [0.1, 0.15) is 19.5 Å². The second-order valence-corrected chi connectivity index (χ2v) is 6.00. The molecule has 1 aromatic heterocycles. The second-order valence-electron chi connectivity index (χ2n) is 6.00. The molecule has 0 radical (unpaired) electrons. The highest BCUT2D eigenvalue weighted by atomic mass is 16.5. The molecule has 1 heterocycles. The van der Waals surface area contributed by atoms with Crippen molar-refractivity contribution in [3.63, 3.8) is 0 Å². The summed E-state index contributed by atoms with van der Waals surface area (Å²) in [5.74, 6) is 0.346. The van der Waals surface area contributed by atoms with Gasteiger partial charge in [0.15, 0.2) is 11.7 Å². The molecule has 0 saturated carbocycles. The molecular weight excluding hydrogens is 362 g/mol. The van der Waals surface area contributed by atoms with Crippen molar-refractivity contribution in [3.8, 4) is 11.5 Å². The number of para-hydroxylation sites is 1. The molecule has 2 amide bonds. The van der Waals surface area contributed by atoms with Crippen LogP contribution >= 0.6 is 0 Å². The number of nitrogens with zero attached hydrogens (tertiary/aromatic N) is 1. The number of hydrogen-bond acceptors (Lipinski definition) is 6. The first kappa shape index (κ1) is 19.2. The molecule has 1 atom stereocenters. The molecular formula is C20H21N3O5. The fourth-order valence-corrected chi connectivity index (χ4v) is 2.53. The monoisotopic (exact) mass is 383 g/mol. The predicted octanol–water partition coefficient (Wildman–Crippen LogP) is 2.38. The molecule has 0 saturated heterocycles. The van der Waals surface area contributed by atoms with E-state index in [4.69, 9.17) is 14.0 Å². The highest BCUT2D eigenvalue weighted by Crippen LogP contribution is 2.19. The Morgan fingerprint density at radius 1 is 1.07 bits per heavy atom. The number of hydrogen-bond donors (Lipinski definition) is 2. The van der Waals surface area contributed by atoms with E-state index in [1.54, 1.807) is 37.3 Å². The molecule has 3 rings (SSSR count). The number of rotatable bonds is 7. The SMILES string of the molecule is CCOc1ccc(O[C@@H](C)C(=O)NNC(=O)Cc2noc3ccccc23)cc1. The summed E-state index contributed by atoms with van der Waals surface area (Å²) in [6, 6.07) is 14.2. The average Bonchev–Trinajstić information content (AvgIpc) is 3.10. The molecule has 0 aliphatic carbocycles. The van der Waals surface area contributed by atoms with Gasteiger partial charge in [-0.3, -0.25) is 20.4 Å². The van der Waals surface area contributed by atoms with Crippen LogP contribution in [0.5, 0.6) is 11.5 Å². The molecule has 0 unspecified atom stereocenters. The normalized spacial score (nSPS) is 11.6.